The van der Waals surface area contributed by atoms with Crippen LogP contribution in [0.3, 0.4) is 0 Å². The highest BCUT2D eigenvalue weighted by Crippen LogP contribution is 2.16. The van der Waals surface area contributed by atoms with Gasteiger partial charge >= 0.3 is 0 Å². The zero-order valence-corrected chi connectivity index (χ0v) is 14.4. The number of hydrogen-bond acceptors (Lipinski definition) is 4. The van der Waals surface area contributed by atoms with Crippen LogP contribution in [0.5, 0.6) is 0 Å². The molecule has 0 saturated heterocycles. The van der Waals surface area contributed by atoms with Crippen LogP contribution in [-0.4, -0.2) is 20.8 Å². The van der Waals surface area contributed by atoms with E-state index in [4.69, 9.17) is 4.52 Å². The Morgan fingerprint density at radius 3 is 2.72 bits per heavy atom. The van der Waals surface area contributed by atoms with Gasteiger partial charge in [-0.1, -0.05) is 49.3 Å². The number of amides is 1. The Labute approximate surface area is 146 Å². The van der Waals surface area contributed by atoms with Crippen LogP contribution < -0.4 is 5.32 Å². The SMILES string of the molecule is CC(C)Cc1cc(C(=O)N[C@@H](Cn2cccn2)c2ccccc2)on1. The third-order valence-electron chi connectivity index (χ3n) is 3.84. The van der Waals surface area contributed by atoms with Crippen LogP contribution in [0.1, 0.15) is 41.7 Å². The molecule has 1 amide bonds. The molecule has 6 nitrogen and oxygen atoms in total. The molecule has 2 aromatic heterocycles. The predicted molar refractivity (Wildman–Crippen MR) is 93.9 cm³/mol. The van der Waals surface area contributed by atoms with Crippen molar-refractivity contribution in [3.8, 4) is 0 Å². The van der Waals surface area contributed by atoms with Crippen LogP contribution in [0.25, 0.3) is 0 Å². The Balaban J connectivity index is 1.75. The van der Waals surface area contributed by atoms with E-state index in [0.717, 1.165) is 17.7 Å². The molecule has 0 saturated carbocycles. The second-order valence-corrected chi connectivity index (χ2v) is 6.45. The summed E-state index contributed by atoms with van der Waals surface area (Å²) in [6.45, 7) is 4.74. The first-order valence-corrected chi connectivity index (χ1v) is 8.40. The van der Waals surface area contributed by atoms with Crippen molar-refractivity contribution in [1.29, 1.82) is 0 Å². The lowest BCUT2D eigenvalue weighted by molar-refractivity contribution is 0.0894. The molecule has 0 fully saturated rings. The smallest absolute Gasteiger partial charge is 0.290 e. The molecule has 0 spiro atoms. The first kappa shape index (κ1) is 17.0. The monoisotopic (exact) mass is 338 g/mol. The third-order valence-corrected chi connectivity index (χ3v) is 3.84. The second-order valence-electron chi connectivity index (χ2n) is 6.45. The fourth-order valence-electron chi connectivity index (χ4n) is 2.68. The maximum atomic E-state index is 12.6. The molecule has 3 rings (SSSR count). The van der Waals surface area contributed by atoms with Crippen molar-refractivity contribution < 1.29 is 9.32 Å². The number of benzene rings is 1. The van der Waals surface area contributed by atoms with Crippen LogP contribution >= 0.6 is 0 Å². The molecule has 0 aliphatic rings. The van der Waals surface area contributed by atoms with E-state index >= 15 is 0 Å². The van der Waals surface area contributed by atoms with Gasteiger partial charge in [0.15, 0.2) is 0 Å². The Bertz CT molecular complexity index is 794. The van der Waals surface area contributed by atoms with Crippen LogP contribution in [0.2, 0.25) is 0 Å². The number of carbonyl (C=O) groups is 1. The van der Waals surface area contributed by atoms with Crippen LogP contribution in [0.15, 0.2) is 59.4 Å². The van der Waals surface area contributed by atoms with Crippen molar-refractivity contribution in [2.24, 2.45) is 5.92 Å². The van der Waals surface area contributed by atoms with E-state index in [9.17, 15) is 4.79 Å². The minimum atomic E-state index is -0.275. The zero-order valence-electron chi connectivity index (χ0n) is 14.4. The number of rotatable bonds is 7. The summed E-state index contributed by atoms with van der Waals surface area (Å²) in [7, 11) is 0. The molecule has 6 heteroatoms. The number of nitrogens with zero attached hydrogens (tertiary/aromatic N) is 3. The minimum Gasteiger partial charge on any atom is -0.351 e. The van der Waals surface area contributed by atoms with Gasteiger partial charge in [-0.15, -0.1) is 0 Å². The lowest BCUT2D eigenvalue weighted by Crippen LogP contribution is -2.31. The summed E-state index contributed by atoms with van der Waals surface area (Å²) in [5, 5.41) is 11.2. The molecular formula is C19H22N4O2. The summed E-state index contributed by atoms with van der Waals surface area (Å²) in [6, 6.07) is 13.2. The van der Waals surface area contributed by atoms with Crippen molar-refractivity contribution in [2.45, 2.75) is 32.9 Å². The van der Waals surface area contributed by atoms with E-state index in [1.54, 1.807) is 16.9 Å². The molecule has 0 radical (unpaired) electrons. The molecule has 2 heterocycles. The van der Waals surface area contributed by atoms with Gasteiger partial charge in [0, 0.05) is 18.5 Å². The van der Waals surface area contributed by atoms with E-state index in [2.05, 4.69) is 29.4 Å². The largest absolute Gasteiger partial charge is 0.351 e. The molecule has 0 aliphatic heterocycles. The molecule has 3 aromatic rings. The van der Waals surface area contributed by atoms with Gasteiger partial charge < -0.3 is 9.84 Å². The fraction of sp³-hybridized carbons (Fsp3) is 0.316. The Kier molecular flexibility index (Phi) is 5.28. The first-order valence-electron chi connectivity index (χ1n) is 8.40. The molecule has 25 heavy (non-hydrogen) atoms. The molecule has 1 atom stereocenters. The van der Waals surface area contributed by atoms with E-state index in [0.29, 0.717) is 12.5 Å². The average Bonchev–Trinajstić information content (AvgIpc) is 3.26. The Morgan fingerprint density at radius 2 is 2.04 bits per heavy atom. The van der Waals surface area contributed by atoms with Gasteiger partial charge in [0.1, 0.15) is 0 Å². The standard InChI is InChI=1S/C19H22N4O2/c1-14(2)11-16-12-18(25-22-16)19(24)21-17(13-23-10-6-9-20-23)15-7-4-3-5-8-15/h3-10,12,14,17H,11,13H2,1-2H3,(H,21,24)/t17-/m0/s1. The Hall–Kier alpha value is -2.89. The van der Waals surface area contributed by atoms with Gasteiger partial charge in [0.2, 0.25) is 5.76 Å². The van der Waals surface area contributed by atoms with Gasteiger partial charge in [0.25, 0.3) is 5.91 Å². The molecule has 130 valence electrons. The average molecular weight is 338 g/mol. The summed E-state index contributed by atoms with van der Waals surface area (Å²) in [5.41, 5.74) is 1.80. The van der Waals surface area contributed by atoms with Crippen molar-refractivity contribution in [3.05, 3.63) is 71.9 Å². The van der Waals surface area contributed by atoms with Gasteiger partial charge in [0.05, 0.1) is 18.3 Å². The summed E-state index contributed by atoms with van der Waals surface area (Å²) in [5.74, 6) is 0.415. The van der Waals surface area contributed by atoms with Crippen molar-refractivity contribution in [1.82, 2.24) is 20.3 Å². The summed E-state index contributed by atoms with van der Waals surface area (Å²) < 4.78 is 7.01. The van der Waals surface area contributed by atoms with Gasteiger partial charge in [-0.2, -0.15) is 5.10 Å². The highest BCUT2D eigenvalue weighted by atomic mass is 16.5. The highest BCUT2D eigenvalue weighted by molar-refractivity contribution is 5.91. The number of aromatic nitrogens is 3. The maximum Gasteiger partial charge on any atom is 0.290 e. The lowest BCUT2D eigenvalue weighted by Gasteiger charge is -2.18. The molecule has 0 bridgehead atoms. The quantitative estimate of drug-likeness (QED) is 0.718. The topological polar surface area (TPSA) is 73.0 Å². The molecule has 0 aliphatic carbocycles. The summed E-state index contributed by atoms with van der Waals surface area (Å²) >= 11 is 0. The van der Waals surface area contributed by atoms with Gasteiger partial charge in [-0.25, -0.2) is 0 Å². The highest BCUT2D eigenvalue weighted by Gasteiger charge is 2.20. The van der Waals surface area contributed by atoms with E-state index < -0.39 is 0 Å². The van der Waals surface area contributed by atoms with Crippen molar-refractivity contribution >= 4 is 5.91 Å². The van der Waals surface area contributed by atoms with Crippen molar-refractivity contribution in [3.63, 3.8) is 0 Å². The van der Waals surface area contributed by atoms with Crippen LogP contribution in [0.4, 0.5) is 0 Å². The lowest BCUT2D eigenvalue weighted by atomic mass is 10.1. The predicted octanol–water partition coefficient (Wildman–Crippen LogP) is 3.24. The number of nitrogens with one attached hydrogen (secondary N) is 1. The minimum absolute atomic E-state index is 0.216. The fourth-order valence-corrected chi connectivity index (χ4v) is 2.68. The Morgan fingerprint density at radius 1 is 1.24 bits per heavy atom. The van der Waals surface area contributed by atoms with Gasteiger partial charge in [-0.3, -0.25) is 9.48 Å². The van der Waals surface area contributed by atoms with Gasteiger partial charge in [-0.05, 0) is 24.0 Å². The molecule has 1 N–H and O–H groups in total. The van der Waals surface area contributed by atoms with Crippen LogP contribution in [-0.2, 0) is 13.0 Å². The normalized spacial score (nSPS) is 12.3. The van der Waals surface area contributed by atoms with Crippen molar-refractivity contribution in [2.75, 3.05) is 0 Å². The second kappa shape index (κ2) is 7.79. The summed E-state index contributed by atoms with van der Waals surface area (Å²) in [6.07, 6.45) is 4.38. The van der Waals surface area contributed by atoms with E-state index in [-0.39, 0.29) is 17.7 Å². The molecule has 0 unspecified atom stereocenters. The van der Waals surface area contributed by atoms with Crippen LogP contribution in [0, 0.1) is 5.92 Å². The number of carbonyl (C=O) groups excluding carboxylic acids is 1. The van der Waals surface area contributed by atoms with E-state index in [1.165, 1.54) is 0 Å². The summed E-state index contributed by atoms with van der Waals surface area (Å²) in [4.78, 5) is 12.6. The van der Waals surface area contributed by atoms with E-state index in [1.807, 2.05) is 42.6 Å². The molecule has 1 aromatic carbocycles. The molecular weight excluding hydrogens is 316 g/mol. The zero-order chi connectivity index (χ0) is 17.6. The first-order chi connectivity index (χ1) is 12.1. The third kappa shape index (κ3) is 4.56. The number of hydrogen-bond donors (Lipinski definition) is 1. The maximum absolute atomic E-state index is 12.6.